The van der Waals surface area contributed by atoms with Gasteiger partial charge < -0.3 is 35.5 Å². The number of nitrogen functional groups attached to an aromatic ring is 1. The predicted molar refractivity (Wildman–Crippen MR) is 111 cm³/mol. The molecule has 3 rings (SSSR count). The molecule has 2 aromatic heterocycles. The molecule has 1 amide bonds. The molecule has 0 spiro atoms. The third-order valence-corrected chi connectivity index (χ3v) is 5.16. The number of nitrogens with two attached hydrogens (primary N) is 1. The number of aromatic nitrogens is 3. The van der Waals surface area contributed by atoms with Crippen molar-refractivity contribution in [1.82, 2.24) is 25.2 Å². The number of fused-ring (bicyclic) bond motifs is 1. The number of anilines is 1. The summed E-state index contributed by atoms with van der Waals surface area (Å²) in [5.41, 5.74) is 7.30. The SMILES string of the molecule is CCCC(NCOCOC)C(=O)N[C@@H]1C(O)[C@H](n2cnc3c(N)ccnc32)O[C@@H]1CO. The van der Waals surface area contributed by atoms with E-state index in [1.165, 1.54) is 19.6 Å². The maximum atomic E-state index is 12.9. The molecule has 6 N–H and O–H groups in total. The number of aliphatic hydroxyl groups excluding tert-OH is 2. The number of carbonyl (C=O) groups is 1. The molecule has 0 bridgehead atoms. The largest absolute Gasteiger partial charge is 0.397 e. The van der Waals surface area contributed by atoms with Gasteiger partial charge in [0, 0.05) is 13.3 Å². The van der Waals surface area contributed by atoms with Crippen molar-refractivity contribution in [3.05, 3.63) is 18.6 Å². The summed E-state index contributed by atoms with van der Waals surface area (Å²) in [6, 6.07) is 0.257. The molecule has 2 unspecified atom stereocenters. The van der Waals surface area contributed by atoms with Gasteiger partial charge in [0.1, 0.15) is 24.5 Å². The van der Waals surface area contributed by atoms with E-state index < -0.39 is 30.5 Å². The van der Waals surface area contributed by atoms with Crippen molar-refractivity contribution >= 4 is 22.8 Å². The fraction of sp³-hybridized carbons (Fsp3) is 0.632. The number of methoxy groups -OCH3 is 1. The number of aliphatic hydroxyl groups is 2. The first-order valence-corrected chi connectivity index (χ1v) is 10.1. The van der Waals surface area contributed by atoms with Gasteiger partial charge in [-0.15, -0.1) is 0 Å². The first-order chi connectivity index (χ1) is 15.0. The molecule has 1 aliphatic rings. The van der Waals surface area contributed by atoms with Gasteiger partial charge in [-0.2, -0.15) is 0 Å². The van der Waals surface area contributed by atoms with Crippen LogP contribution in [0.5, 0.6) is 0 Å². The van der Waals surface area contributed by atoms with E-state index in [2.05, 4.69) is 20.6 Å². The minimum atomic E-state index is -1.14. The van der Waals surface area contributed by atoms with Crippen LogP contribution in [0, 0.1) is 0 Å². The monoisotopic (exact) mass is 438 g/mol. The van der Waals surface area contributed by atoms with E-state index in [1.54, 1.807) is 10.6 Å². The Morgan fingerprint density at radius 2 is 2.26 bits per heavy atom. The number of imidazole rings is 1. The Morgan fingerprint density at radius 3 is 2.97 bits per heavy atom. The fourth-order valence-corrected chi connectivity index (χ4v) is 3.61. The summed E-state index contributed by atoms with van der Waals surface area (Å²) in [4.78, 5) is 21.4. The zero-order chi connectivity index (χ0) is 22.4. The van der Waals surface area contributed by atoms with E-state index in [4.69, 9.17) is 19.9 Å². The van der Waals surface area contributed by atoms with Crippen LogP contribution in [0.2, 0.25) is 0 Å². The summed E-state index contributed by atoms with van der Waals surface area (Å²) in [5, 5.41) is 26.5. The normalized spacial score (nSPS) is 24.5. The first-order valence-electron chi connectivity index (χ1n) is 10.1. The molecule has 0 aliphatic carbocycles. The van der Waals surface area contributed by atoms with E-state index >= 15 is 0 Å². The average molecular weight is 438 g/mol. The van der Waals surface area contributed by atoms with Gasteiger partial charge in [0.2, 0.25) is 5.91 Å². The quantitative estimate of drug-likeness (QED) is 0.219. The van der Waals surface area contributed by atoms with Gasteiger partial charge in [-0.1, -0.05) is 13.3 Å². The van der Waals surface area contributed by atoms with E-state index in [1.807, 2.05) is 6.92 Å². The smallest absolute Gasteiger partial charge is 0.237 e. The van der Waals surface area contributed by atoms with E-state index in [9.17, 15) is 15.0 Å². The second-order valence-corrected chi connectivity index (χ2v) is 7.30. The Morgan fingerprint density at radius 1 is 1.45 bits per heavy atom. The lowest BCUT2D eigenvalue weighted by Crippen LogP contribution is -2.54. The lowest BCUT2D eigenvalue weighted by molar-refractivity contribution is -0.126. The number of carbonyl (C=O) groups excluding carboxylic acids is 1. The number of pyridine rings is 1. The summed E-state index contributed by atoms with van der Waals surface area (Å²) in [6.07, 6.45) is 1.47. The molecule has 5 atom stereocenters. The number of hydrogen-bond acceptors (Lipinski definition) is 10. The highest BCUT2D eigenvalue weighted by molar-refractivity contribution is 5.84. The highest BCUT2D eigenvalue weighted by Crippen LogP contribution is 2.32. The van der Waals surface area contributed by atoms with Crippen LogP contribution in [0.25, 0.3) is 11.2 Å². The van der Waals surface area contributed by atoms with Crippen LogP contribution in [0.4, 0.5) is 5.69 Å². The molecule has 1 saturated heterocycles. The standard InChI is InChI=1S/C19H30N6O6/c1-3-4-12(23-9-30-10-29-2)18(28)24-15-13(7-26)31-19(16(15)27)25-8-22-14-11(20)5-6-21-17(14)25/h5-6,8,12-13,15-16,19,23,26-27H,3-4,7,9-10H2,1-2H3,(H2,20,21)(H,24,28)/t12?,13-,15+,16?,19-/m1/s1. The molecule has 1 fully saturated rings. The summed E-state index contributed by atoms with van der Waals surface area (Å²) < 4.78 is 17.4. The molecular weight excluding hydrogens is 408 g/mol. The Bertz CT molecular complexity index is 864. The molecule has 0 radical (unpaired) electrons. The van der Waals surface area contributed by atoms with Crippen molar-refractivity contribution in [2.45, 2.75) is 50.3 Å². The summed E-state index contributed by atoms with van der Waals surface area (Å²) >= 11 is 0. The molecule has 3 heterocycles. The number of rotatable bonds is 11. The zero-order valence-electron chi connectivity index (χ0n) is 17.6. The summed E-state index contributed by atoms with van der Waals surface area (Å²) in [7, 11) is 1.51. The Kier molecular flexibility index (Phi) is 8.12. The molecular formula is C19H30N6O6. The maximum Gasteiger partial charge on any atom is 0.237 e. The molecule has 0 saturated carbocycles. The van der Waals surface area contributed by atoms with Crippen LogP contribution in [-0.2, 0) is 19.0 Å². The topological polar surface area (TPSA) is 166 Å². The second-order valence-electron chi connectivity index (χ2n) is 7.30. The van der Waals surface area contributed by atoms with Crippen molar-refractivity contribution in [1.29, 1.82) is 0 Å². The second kappa shape index (κ2) is 10.8. The van der Waals surface area contributed by atoms with Gasteiger partial charge in [0.25, 0.3) is 0 Å². The Balaban J connectivity index is 1.73. The number of hydrogen-bond donors (Lipinski definition) is 5. The van der Waals surface area contributed by atoms with Crippen molar-refractivity contribution in [3.8, 4) is 0 Å². The van der Waals surface area contributed by atoms with Crippen molar-refractivity contribution in [3.63, 3.8) is 0 Å². The third kappa shape index (κ3) is 5.11. The molecule has 12 nitrogen and oxygen atoms in total. The van der Waals surface area contributed by atoms with Gasteiger partial charge in [0.05, 0.1) is 37.4 Å². The molecule has 0 aromatic carbocycles. The lowest BCUT2D eigenvalue weighted by Gasteiger charge is -2.24. The van der Waals surface area contributed by atoms with Crippen molar-refractivity contribution in [2.75, 3.05) is 33.0 Å². The van der Waals surface area contributed by atoms with Crippen LogP contribution < -0.4 is 16.4 Å². The highest BCUT2D eigenvalue weighted by atomic mass is 16.7. The van der Waals surface area contributed by atoms with Crippen LogP contribution in [0.15, 0.2) is 18.6 Å². The fourth-order valence-electron chi connectivity index (χ4n) is 3.61. The number of amides is 1. The Labute approximate surface area is 179 Å². The van der Waals surface area contributed by atoms with Crippen LogP contribution >= 0.6 is 0 Å². The molecule has 1 aliphatic heterocycles. The Hall–Kier alpha value is -2.35. The van der Waals surface area contributed by atoms with Gasteiger partial charge in [0.15, 0.2) is 11.9 Å². The third-order valence-electron chi connectivity index (χ3n) is 5.16. The van der Waals surface area contributed by atoms with Gasteiger partial charge in [-0.3, -0.25) is 14.7 Å². The zero-order valence-corrected chi connectivity index (χ0v) is 17.6. The summed E-state index contributed by atoms with van der Waals surface area (Å²) in [5.74, 6) is -0.326. The van der Waals surface area contributed by atoms with E-state index in [0.29, 0.717) is 23.3 Å². The number of nitrogens with one attached hydrogen (secondary N) is 2. The minimum Gasteiger partial charge on any atom is -0.397 e. The minimum absolute atomic E-state index is 0.105. The molecule has 172 valence electrons. The van der Waals surface area contributed by atoms with Gasteiger partial charge in [-0.05, 0) is 12.5 Å². The van der Waals surface area contributed by atoms with Gasteiger partial charge in [-0.25, -0.2) is 9.97 Å². The van der Waals surface area contributed by atoms with E-state index in [-0.39, 0.29) is 26.0 Å². The van der Waals surface area contributed by atoms with Crippen LogP contribution in [-0.4, -0.2) is 82.2 Å². The van der Waals surface area contributed by atoms with Crippen molar-refractivity contribution in [2.24, 2.45) is 0 Å². The lowest BCUT2D eigenvalue weighted by atomic mass is 10.1. The van der Waals surface area contributed by atoms with Crippen LogP contribution in [0.1, 0.15) is 26.0 Å². The van der Waals surface area contributed by atoms with Gasteiger partial charge >= 0.3 is 0 Å². The number of nitrogens with zero attached hydrogens (tertiary/aromatic N) is 3. The maximum absolute atomic E-state index is 12.9. The average Bonchev–Trinajstić information content (AvgIpc) is 3.32. The van der Waals surface area contributed by atoms with Crippen LogP contribution in [0.3, 0.4) is 0 Å². The highest BCUT2D eigenvalue weighted by Gasteiger charge is 2.46. The summed E-state index contributed by atoms with van der Waals surface area (Å²) in [6.45, 7) is 1.81. The molecule has 31 heavy (non-hydrogen) atoms. The molecule has 12 heteroatoms. The first kappa shape index (κ1) is 23.3. The predicted octanol–water partition coefficient (Wildman–Crippen LogP) is -0.915. The molecule has 2 aromatic rings. The van der Waals surface area contributed by atoms with E-state index in [0.717, 1.165) is 6.42 Å². The van der Waals surface area contributed by atoms with Crippen molar-refractivity contribution < 1.29 is 29.2 Å². The number of ether oxygens (including phenoxy) is 3.